The molecule has 0 bridgehead atoms. The number of rotatable bonds is 5. The fourth-order valence-electron chi connectivity index (χ4n) is 1.60. The molecule has 0 aliphatic carbocycles. The van der Waals surface area contributed by atoms with E-state index in [1.54, 1.807) is 0 Å². The predicted octanol–water partition coefficient (Wildman–Crippen LogP) is 4.47. The van der Waals surface area contributed by atoms with Crippen LogP contribution in [0.4, 0.5) is 0 Å². The van der Waals surface area contributed by atoms with E-state index in [4.69, 9.17) is 0 Å². The van der Waals surface area contributed by atoms with Crippen molar-refractivity contribution in [3.8, 4) is 0 Å². The molecule has 1 heteroatoms. The van der Waals surface area contributed by atoms with E-state index in [0.717, 1.165) is 19.5 Å². The minimum atomic E-state index is 0.962. The van der Waals surface area contributed by atoms with Gasteiger partial charge < -0.3 is 5.32 Å². The SMILES string of the molecule is C/C=C(\CC)CNCc1ccccc1C.CC. The van der Waals surface area contributed by atoms with Gasteiger partial charge in [0.15, 0.2) is 0 Å². The molecule has 0 aliphatic rings. The molecule has 0 saturated heterocycles. The molecule has 96 valence electrons. The van der Waals surface area contributed by atoms with Gasteiger partial charge in [-0.3, -0.25) is 0 Å². The Morgan fingerprint density at radius 3 is 2.41 bits per heavy atom. The van der Waals surface area contributed by atoms with E-state index < -0.39 is 0 Å². The first-order valence-electron chi connectivity index (χ1n) is 6.67. The Hall–Kier alpha value is -1.08. The molecule has 0 aliphatic heterocycles. The van der Waals surface area contributed by atoms with Gasteiger partial charge in [-0.2, -0.15) is 0 Å². The van der Waals surface area contributed by atoms with Gasteiger partial charge in [-0.25, -0.2) is 0 Å². The molecular weight excluding hydrogens is 206 g/mol. The second-order valence-corrected chi connectivity index (χ2v) is 3.83. The predicted molar refractivity (Wildman–Crippen MR) is 78.3 cm³/mol. The third kappa shape index (κ3) is 6.28. The summed E-state index contributed by atoms with van der Waals surface area (Å²) < 4.78 is 0. The number of hydrogen-bond acceptors (Lipinski definition) is 1. The molecule has 0 fully saturated rings. The number of aryl methyl sites for hydroxylation is 1. The van der Waals surface area contributed by atoms with Crippen LogP contribution in [-0.2, 0) is 6.54 Å². The Balaban J connectivity index is 0.00000121. The summed E-state index contributed by atoms with van der Waals surface area (Å²) in [5, 5.41) is 3.48. The lowest BCUT2D eigenvalue weighted by atomic mass is 10.1. The van der Waals surface area contributed by atoms with Crippen molar-refractivity contribution in [2.24, 2.45) is 0 Å². The lowest BCUT2D eigenvalue weighted by Crippen LogP contribution is -2.16. The molecule has 1 nitrogen and oxygen atoms in total. The zero-order valence-electron chi connectivity index (χ0n) is 12.0. The standard InChI is InChI=1S/C14H21N.C2H6/c1-4-13(5-2)10-15-11-14-9-7-6-8-12(14)3;1-2/h4,6-9,15H,5,10-11H2,1-3H3;1-2H3/b13-4+;. The van der Waals surface area contributed by atoms with Crippen LogP contribution in [0.2, 0.25) is 0 Å². The Morgan fingerprint density at radius 1 is 1.24 bits per heavy atom. The van der Waals surface area contributed by atoms with E-state index in [9.17, 15) is 0 Å². The van der Waals surface area contributed by atoms with Gasteiger partial charge in [-0.05, 0) is 31.4 Å². The van der Waals surface area contributed by atoms with E-state index in [2.05, 4.69) is 56.4 Å². The summed E-state index contributed by atoms with van der Waals surface area (Å²) in [6.45, 7) is 12.4. The Labute approximate surface area is 107 Å². The molecule has 0 saturated carbocycles. The van der Waals surface area contributed by atoms with E-state index in [1.807, 2.05) is 13.8 Å². The lowest BCUT2D eigenvalue weighted by molar-refractivity contribution is 0.721. The molecule has 0 radical (unpaired) electrons. The normalized spacial score (nSPS) is 10.8. The van der Waals surface area contributed by atoms with Gasteiger partial charge in [0, 0.05) is 13.1 Å². The van der Waals surface area contributed by atoms with Gasteiger partial charge in [0.2, 0.25) is 0 Å². The van der Waals surface area contributed by atoms with Gasteiger partial charge in [-0.1, -0.05) is 56.7 Å². The fourth-order valence-corrected chi connectivity index (χ4v) is 1.60. The smallest absolute Gasteiger partial charge is 0.0211 e. The highest BCUT2D eigenvalue weighted by atomic mass is 14.8. The number of nitrogens with one attached hydrogen (secondary N) is 1. The first-order valence-corrected chi connectivity index (χ1v) is 6.67. The van der Waals surface area contributed by atoms with Gasteiger partial charge in [0.05, 0.1) is 0 Å². The second kappa shape index (κ2) is 10.1. The van der Waals surface area contributed by atoms with Crippen LogP contribution in [0.1, 0.15) is 45.2 Å². The van der Waals surface area contributed by atoms with Crippen LogP contribution >= 0.6 is 0 Å². The third-order valence-electron chi connectivity index (χ3n) is 2.79. The molecule has 1 N–H and O–H groups in total. The summed E-state index contributed by atoms with van der Waals surface area (Å²) in [4.78, 5) is 0. The first-order chi connectivity index (χ1) is 8.27. The van der Waals surface area contributed by atoms with E-state index in [0.29, 0.717) is 0 Å². The average Bonchev–Trinajstić information content (AvgIpc) is 2.39. The maximum Gasteiger partial charge on any atom is 0.0211 e. The van der Waals surface area contributed by atoms with Crippen molar-refractivity contribution in [2.45, 2.75) is 47.6 Å². The fraction of sp³-hybridized carbons (Fsp3) is 0.500. The van der Waals surface area contributed by atoms with Crippen molar-refractivity contribution >= 4 is 0 Å². The van der Waals surface area contributed by atoms with Crippen molar-refractivity contribution in [2.75, 3.05) is 6.54 Å². The molecule has 1 aromatic carbocycles. The van der Waals surface area contributed by atoms with Gasteiger partial charge in [0.25, 0.3) is 0 Å². The molecule has 0 spiro atoms. The molecule has 0 aromatic heterocycles. The summed E-state index contributed by atoms with van der Waals surface area (Å²) in [5.74, 6) is 0. The van der Waals surface area contributed by atoms with Crippen molar-refractivity contribution in [3.63, 3.8) is 0 Å². The van der Waals surface area contributed by atoms with Crippen molar-refractivity contribution in [1.29, 1.82) is 0 Å². The van der Waals surface area contributed by atoms with Crippen LogP contribution in [0.25, 0.3) is 0 Å². The molecule has 1 rings (SSSR count). The zero-order valence-corrected chi connectivity index (χ0v) is 12.0. The molecular formula is C16H27N. The molecule has 0 amide bonds. The Bertz CT molecular complexity index is 326. The summed E-state index contributed by atoms with van der Waals surface area (Å²) >= 11 is 0. The highest BCUT2D eigenvalue weighted by Gasteiger charge is 1.97. The summed E-state index contributed by atoms with van der Waals surface area (Å²) in [6.07, 6.45) is 3.34. The topological polar surface area (TPSA) is 12.0 Å². The van der Waals surface area contributed by atoms with Crippen LogP contribution in [0.3, 0.4) is 0 Å². The lowest BCUT2D eigenvalue weighted by Gasteiger charge is -2.08. The van der Waals surface area contributed by atoms with Gasteiger partial charge in [-0.15, -0.1) is 0 Å². The van der Waals surface area contributed by atoms with Crippen LogP contribution in [0, 0.1) is 6.92 Å². The van der Waals surface area contributed by atoms with Crippen molar-refractivity contribution in [1.82, 2.24) is 5.32 Å². The maximum absolute atomic E-state index is 3.48. The second-order valence-electron chi connectivity index (χ2n) is 3.83. The largest absolute Gasteiger partial charge is 0.309 e. The van der Waals surface area contributed by atoms with Crippen molar-refractivity contribution < 1.29 is 0 Å². The minimum Gasteiger partial charge on any atom is -0.309 e. The molecule has 0 atom stereocenters. The molecule has 1 aromatic rings. The van der Waals surface area contributed by atoms with Gasteiger partial charge >= 0.3 is 0 Å². The van der Waals surface area contributed by atoms with Crippen LogP contribution in [0.15, 0.2) is 35.9 Å². The number of hydrogen-bond donors (Lipinski definition) is 1. The highest BCUT2D eigenvalue weighted by molar-refractivity contribution is 5.25. The molecule has 17 heavy (non-hydrogen) atoms. The third-order valence-corrected chi connectivity index (χ3v) is 2.79. The first kappa shape index (κ1) is 15.9. The minimum absolute atomic E-state index is 0.962. The molecule has 0 unspecified atom stereocenters. The van der Waals surface area contributed by atoms with E-state index in [-0.39, 0.29) is 0 Å². The Kier molecular flexibility index (Phi) is 9.46. The highest BCUT2D eigenvalue weighted by Crippen LogP contribution is 2.06. The summed E-state index contributed by atoms with van der Waals surface area (Å²) in [7, 11) is 0. The van der Waals surface area contributed by atoms with Crippen LogP contribution in [-0.4, -0.2) is 6.54 Å². The van der Waals surface area contributed by atoms with E-state index in [1.165, 1.54) is 16.7 Å². The number of benzene rings is 1. The van der Waals surface area contributed by atoms with Gasteiger partial charge in [0.1, 0.15) is 0 Å². The average molecular weight is 233 g/mol. The Morgan fingerprint density at radius 2 is 1.88 bits per heavy atom. The quantitative estimate of drug-likeness (QED) is 0.740. The zero-order chi connectivity index (χ0) is 13.1. The molecule has 0 heterocycles. The maximum atomic E-state index is 3.48. The summed E-state index contributed by atoms with van der Waals surface area (Å²) in [5.41, 5.74) is 4.23. The van der Waals surface area contributed by atoms with Crippen molar-refractivity contribution in [3.05, 3.63) is 47.0 Å². The van der Waals surface area contributed by atoms with Crippen LogP contribution in [0.5, 0.6) is 0 Å². The van der Waals surface area contributed by atoms with Crippen LogP contribution < -0.4 is 5.32 Å². The monoisotopic (exact) mass is 233 g/mol. The van der Waals surface area contributed by atoms with E-state index >= 15 is 0 Å². The number of allylic oxidation sites excluding steroid dienone is 1. The summed E-state index contributed by atoms with van der Waals surface area (Å²) in [6, 6.07) is 8.53.